The molecule has 168 valence electrons. The summed E-state index contributed by atoms with van der Waals surface area (Å²) in [6.45, 7) is 5.09. The van der Waals surface area contributed by atoms with Crippen molar-refractivity contribution in [2.24, 2.45) is 0 Å². The lowest BCUT2D eigenvalue weighted by Crippen LogP contribution is -2.49. The molecule has 10 heteroatoms. The number of aryl methyl sites for hydroxylation is 1. The van der Waals surface area contributed by atoms with Crippen molar-refractivity contribution in [3.05, 3.63) is 59.8 Å². The highest BCUT2D eigenvalue weighted by Crippen LogP contribution is 2.28. The van der Waals surface area contributed by atoms with Gasteiger partial charge in [-0.15, -0.1) is 0 Å². The number of hydrogen-bond acceptors (Lipinski definition) is 5. The smallest absolute Gasteiger partial charge is 0.417 e. The summed E-state index contributed by atoms with van der Waals surface area (Å²) in [4.78, 5) is 28.4. The van der Waals surface area contributed by atoms with Crippen LogP contribution >= 0.6 is 0 Å². The normalized spacial score (nSPS) is 12.6. The molecule has 0 bridgehead atoms. The predicted octanol–water partition coefficient (Wildman–Crippen LogP) is 4.07. The highest BCUT2D eigenvalue weighted by Gasteiger charge is 2.30. The van der Waals surface area contributed by atoms with Gasteiger partial charge in [0.25, 0.3) is 5.91 Å². The molecule has 1 aromatic heterocycles. The Morgan fingerprint density at radius 3 is 2.29 bits per heavy atom. The number of nitrogens with one attached hydrogen (secondary N) is 3. The van der Waals surface area contributed by atoms with E-state index >= 15 is 0 Å². The number of carbonyl (C=O) groups is 2. The number of alkyl halides is 3. The topological polar surface area (TPSA) is 92.3 Å². The Balaban J connectivity index is 2.01. The minimum atomic E-state index is -4.51. The van der Waals surface area contributed by atoms with Gasteiger partial charge in [-0.25, -0.2) is 9.78 Å². The van der Waals surface area contributed by atoms with Gasteiger partial charge >= 0.3 is 12.3 Å². The number of nitrogens with zero attached hydrogens (tertiary/aromatic N) is 1. The number of benzene rings is 1. The molecule has 3 N–H and O–H groups in total. The molecular formula is C21H25F3N4O3. The van der Waals surface area contributed by atoms with Gasteiger partial charge in [0.05, 0.1) is 5.56 Å². The van der Waals surface area contributed by atoms with Gasteiger partial charge in [-0.3, -0.25) is 15.6 Å². The molecule has 0 spiro atoms. The fourth-order valence-electron chi connectivity index (χ4n) is 2.52. The molecule has 2 aromatic rings. The molecule has 0 saturated carbocycles. The van der Waals surface area contributed by atoms with Gasteiger partial charge in [0, 0.05) is 6.20 Å². The van der Waals surface area contributed by atoms with Gasteiger partial charge < -0.3 is 10.1 Å². The number of halogens is 3. The second kappa shape index (κ2) is 10.1. The average molecular weight is 438 g/mol. The monoisotopic (exact) mass is 438 g/mol. The molecular weight excluding hydrogens is 413 g/mol. The van der Waals surface area contributed by atoms with E-state index in [1.54, 1.807) is 20.8 Å². The Kier molecular flexibility index (Phi) is 7.84. The first kappa shape index (κ1) is 24.0. The van der Waals surface area contributed by atoms with Crippen LogP contribution in [0.15, 0.2) is 48.7 Å². The standard InChI is InChI=1S/C21H25F3N4O3/c1-20(2,3)31-19(30)26-16(11-9-14-7-5-4-6-8-14)18(29)28-27-17-12-10-15(13-25-17)21(22,23)24/h4-8,10,12-13,16H,9,11H2,1-3H3,(H,25,27)(H,26,30)(H,28,29)/t16-/m1/s1. The van der Waals surface area contributed by atoms with E-state index in [0.29, 0.717) is 12.6 Å². The van der Waals surface area contributed by atoms with Crippen LogP contribution in [-0.2, 0) is 22.1 Å². The van der Waals surface area contributed by atoms with Gasteiger partial charge in [0.1, 0.15) is 17.5 Å². The van der Waals surface area contributed by atoms with Crippen molar-refractivity contribution in [3.8, 4) is 0 Å². The van der Waals surface area contributed by atoms with Crippen LogP contribution in [0.1, 0.15) is 38.3 Å². The first-order chi connectivity index (χ1) is 14.4. The molecule has 0 unspecified atom stereocenters. The van der Waals surface area contributed by atoms with Crippen LogP contribution < -0.4 is 16.2 Å². The molecule has 0 radical (unpaired) electrons. The SMILES string of the molecule is CC(C)(C)OC(=O)N[C@H](CCc1ccccc1)C(=O)NNc1ccc(C(F)(F)F)cn1. The summed E-state index contributed by atoms with van der Waals surface area (Å²) in [5.74, 6) is -0.580. The highest BCUT2D eigenvalue weighted by molar-refractivity contribution is 5.86. The minimum Gasteiger partial charge on any atom is -0.444 e. The van der Waals surface area contributed by atoms with Gasteiger partial charge in [0.2, 0.25) is 0 Å². The molecule has 7 nitrogen and oxygen atoms in total. The van der Waals surface area contributed by atoms with Crippen molar-refractivity contribution in [1.82, 2.24) is 15.7 Å². The molecule has 31 heavy (non-hydrogen) atoms. The van der Waals surface area contributed by atoms with Crippen molar-refractivity contribution in [1.29, 1.82) is 0 Å². The van der Waals surface area contributed by atoms with E-state index in [-0.39, 0.29) is 12.2 Å². The second-order valence-electron chi connectivity index (χ2n) is 7.77. The van der Waals surface area contributed by atoms with Crippen LogP contribution in [0.3, 0.4) is 0 Å². The lowest BCUT2D eigenvalue weighted by molar-refractivity contribution is -0.137. The van der Waals surface area contributed by atoms with Crippen LogP contribution in [0.2, 0.25) is 0 Å². The van der Waals surface area contributed by atoms with Crippen LogP contribution in [0.5, 0.6) is 0 Å². The fourth-order valence-corrected chi connectivity index (χ4v) is 2.52. The largest absolute Gasteiger partial charge is 0.444 e. The molecule has 1 atom stereocenters. The third-order valence-electron chi connectivity index (χ3n) is 3.98. The van der Waals surface area contributed by atoms with Crippen molar-refractivity contribution in [2.45, 2.75) is 51.4 Å². The number of hydrazine groups is 1. The maximum atomic E-state index is 12.6. The number of hydrogen-bond donors (Lipinski definition) is 3. The van der Waals surface area contributed by atoms with E-state index in [1.807, 2.05) is 30.3 Å². The zero-order valence-electron chi connectivity index (χ0n) is 17.4. The highest BCUT2D eigenvalue weighted by atomic mass is 19.4. The van der Waals surface area contributed by atoms with E-state index in [1.165, 1.54) is 0 Å². The van der Waals surface area contributed by atoms with E-state index < -0.39 is 35.4 Å². The zero-order chi connectivity index (χ0) is 23.1. The molecule has 0 fully saturated rings. The van der Waals surface area contributed by atoms with Crippen molar-refractivity contribution in [2.75, 3.05) is 5.43 Å². The zero-order valence-corrected chi connectivity index (χ0v) is 17.4. The summed E-state index contributed by atoms with van der Waals surface area (Å²) in [6.07, 6.45) is -3.83. The number of aromatic nitrogens is 1. The number of ether oxygens (including phenoxy) is 1. The molecule has 0 saturated heterocycles. The van der Waals surface area contributed by atoms with Crippen LogP contribution in [0.25, 0.3) is 0 Å². The summed E-state index contributed by atoms with van der Waals surface area (Å²) in [7, 11) is 0. The molecule has 1 heterocycles. The van der Waals surface area contributed by atoms with Crippen molar-refractivity contribution in [3.63, 3.8) is 0 Å². The number of pyridine rings is 1. The fraction of sp³-hybridized carbons (Fsp3) is 0.381. The molecule has 2 rings (SSSR count). The minimum absolute atomic E-state index is 0.0143. The second-order valence-corrected chi connectivity index (χ2v) is 7.77. The maximum Gasteiger partial charge on any atom is 0.417 e. The van der Waals surface area contributed by atoms with E-state index in [0.717, 1.165) is 17.7 Å². The predicted molar refractivity (Wildman–Crippen MR) is 109 cm³/mol. The molecule has 0 aliphatic carbocycles. The number of rotatable bonds is 7. The van der Waals surface area contributed by atoms with Gasteiger partial charge in [-0.1, -0.05) is 30.3 Å². The Morgan fingerprint density at radius 2 is 1.74 bits per heavy atom. The van der Waals surface area contributed by atoms with E-state index in [2.05, 4.69) is 21.2 Å². The summed E-state index contributed by atoms with van der Waals surface area (Å²) >= 11 is 0. The van der Waals surface area contributed by atoms with E-state index in [9.17, 15) is 22.8 Å². The van der Waals surface area contributed by atoms with Crippen molar-refractivity contribution >= 4 is 17.8 Å². The third kappa shape index (κ3) is 8.53. The number of alkyl carbamates (subject to hydrolysis) is 1. The quantitative estimate of drug-likeness (QED) is 0.567. The van der Waals surface area contributed by atoms with E-state index in [4.69, 9.17) is 4.74 Å². The van der Waals surface area contributed by atoms with Crippen LogP contribution in [0, 0.1) is 0 Å². The van der Waals surface area contributed by atoms with Gasteiger partial charge in [-0.05, 0) is 51.3 Å². The number of carbonyl (C=O) groups excluding carboxylic acids is 2. The Bertz CT molecular complexity index is 866. The molecule has 1 aromatic carbocycles. The lowest BCUT2D eigenvalue weighted by atomic mass is 10.0. The Hall–Kier alpha value is -3.30. The van der Waals surface area contributed by atoms with Crippen LogP contribution in [0.4, 0.5) is 23.8 Å². The lowest BCUT2D eigenvalue weighted by Gasteiger charge is -2.23. The molecule has 0 aliphatic rings. The van der Waals surface area contributed by atoms with Crippen molar-refractivity contribution < 1.29 is 27.5 Å². The van der Waals surface area contributed by atoms with Gasteiger partial charge in [0.15, 0.2) is 0 Å². The summed E-state index contributed by atoms with van der Waals surface area (Å²) in [5.41, 5.74) is 4.14. The Labute approximate surface area is 178 Å². The van der Waals surface area contributed by atoms with Gasteiger partial charge in [-0.2, -0.15) is 13.2 Å². The summed E-state index contributed by atoms with van der Waals surface area (Å²) < 4.78 is 43.1. The summed E-state index contributed by atoms with van der Waals surface area (Å²) in [6, 6.07) is 10.4. The molecule has 0 aliphatic heterocycles. The average Bonchev–Trinajstić information content (AvgIpc) is 2.68. The Morgan fingerprint density at radius 1 is 1.06 bits per heavy atom. The van der Waals surface area contributed by atoms with Crippen LogP contribution in [-0.4, -0.2) is 28.6 Å². The third-order valence-corrected chi connectivity index (χ3v) is 3.98. The number of anilines is 1. The first-order valence-electron chi connectivity index (χ1n) is 9.56. The number of amides is 2. The maximum absolute atomic E-state index is 12.6. The first-order valence-corrected chi connectivity index (χ1v) is 9.56. The summed E-state index contributed by atoms with van der Waals surface area (Å²) in [5, 5.41) is 2.53. The molecule has 2 amide bonds.